The highest BCUT2D eigenvalue weighted by molar-refractivity contribution is 7.89. The summed E-state index contributed by atoms with van der Waals surface area (Å²) in [5, 5.41) is 0. The number of sulfonamides is 1. The van der Waals surface area contributed by atoms with Crippen LogP contribution in [-0.2, 0) is 16.4 Å². The number of imidazole rings is 1. The average molecular weight is 245 g/mol. The van der Waals surface area contributed by atoms with Crippen LogP contribution < -0.4 is 4.72 Å². The molecule has 1 heterocycles. The zero-order valence-electron chi connectivity index (χ0n) is 9.78. The molecule has 0 unspecified atom stereocenters. The van der Waals surface area contributed by atoms with E-state index in [1.165, 1.54) is 0 Å². The van der Waals surface area contributed by atoms with Gasteiger partial charge >= 0.3 is 0 Å². The van der Waals surface area contributed by atoms with Crippen LogP contribution in [0.1, 0.15) is 31.3 Å². The molecule has 16 heavy (non-hydrogen) atoms. The largest absolute Gasteiger partial charge is 0.346 e. The molecule has 0 spiro atoms. The summed E-state index contributed by atoms with van der Waals surface area (Å²) in [6.07, 6.45) is 3.97. The van der Waals surface area contributed by atoms with Crippen molar-refractivity contribution in [2.45, 2.75) is 33.1 Å². The van der Waals surface area contributed by atoms with Gasteiger partial charge in [-0.15, -0.1) is 0 Å². The van der Waals surface area contributed by atoms with Gasteiger partial charge in [0.2, 0.25) is 10.0 Å². The van der Waals surface area contributed by atoms with Gasteiger partial charge in [-0.3, -0.25) is 0 Å². The molecule has 1 rings (SSSR count). The molecule has 0 aliphatic carbocycles. The molecule has 0 aliphatic heterocycles. The number of nitrogens with zero attached hydrogens (tertiary/aromatic N) is 1. The van der Waals surface area contributed by atoms with Gasteiger partial charge in [-0.05, 0) is 13.3 Å². The van der Waals surface area contributed by atoms with Crippen LogP contribution in [0.5, 0.6) is 0 Å². The molecule has 0 saturated heterocycles. The second-order valence-corrected chi connectivity index (χ2v) is 5.74. The third-order valence-corrected chi connectivity index (χ3v) is 3.71. The molecule has 0 bridgehead atoms. The Bertz CT molecular complexity index is 411. The van der Waals surface area contributed by atoms with E-state index in [4.69, 9.17) is 0 Å². The van der Waals surface area contributed by atoms with Crippen molar-refractivity contribution in [3.05, 3.63) is 17.7 Å². The second-order valence-electron chi connectivity index (χ2n) is 3.81. The first-order valence-electron chi connectivity index (χ1n) is 5.51. The summed E-state index contributed by atoms with van der Waals surface area (Å²) in [6.45, 7) is 4.27. The first-order valence-corrected chi connectivity index (χ1v) is 7.16. The van der Waals surface area contributed by atoms with Crippen molar-refractivity contribution >= 4 is 10.0 Å². The molecule has 92 valence electrons. The Labute approximate surface area is 96.7 Å². The van der Waals surface area contributed by atoms with Crippen molar-refractivity contribution in [1.82, 2.24) is 14.7 Å². The molecule has 0 amide bonds. The summed E-state index contributed by atoms with van der Waals surface area (Å²) in [5.74, 6) is 1.06. The van der Waals surface area contributed by atoms with Gasteiger partial charge in [0.05, 0.1) is 5.75 Å². The van der Waals surface area contributed by atoms with E-state index < -0.39 is 10.0 Å². The number of H-pyrrole nitrogens is 1. The SMILES string of the molecule is CCCCS(=O)(=O)NCCc1cnc(C)[nH]1. The number of aryl methyl sites for hydroxylation is 1. The minimum Gasteiger partial charge on any atom is -0.346 e. The van der Waals surface area contributed by atoms with Crippen LogP contribution in [-0.4, -0.2) is 30.7 Å². The number of hydrogen-bond acceptors (Lipinski definition) is 3. The average Bonchev–Trinajstić information content (AvgIpc) is 2.61. The molecule has 6 heteroatoms. The summed E-state index contributed by atoms with van der Waals surface area (Å²) in [5.41, 5.74) is 0.954. The van der Waals surface area contributed by atoms with Gasteiger partial charge in [-0.25, -0.2) is 18.1 Å². The summed E-state index contributed by atoms with van der Waals surface area (Å²) >= 11 is 0. The maximum absolute atomic E-state index is 11.4. The van der Waals surface area contributed by atoms with Gasteiger partial charge in [0.1, 0.15) is 5.82 Å². The molecular formula is C10H19N3O2S. The normalized spacial score (nSPS) is 11.9. The Balaban J connectivity index is 2.29. The van der Waals surface area contributed by atoms with E-state index in [0.29, 0.717) is 19.4 Å². The van der Waals surface area contributed by atoms with Gasteiger partial charge in [0, 0.05) is 24.9 Å². The predicted molar refractivity (Wildman–Crippen MR) is 63.7 cm³/mol. The smallest absolute Gasteiger partial charge is 0.211 e. The molecule has 0 aromatic carbocycles. The number of rotatable bonds is 7. The molecule has 1 aromatic rings. The van der Waals surface area contributed by atoms with Gasteiger partial charge in [0.15, 0.2) is 0 Å². The predicted octanol–water partition coefficient (Wildman–Crippen LogP) is 0.980. The topological polar surface area (TPSA) is 74.8 Å². The van der Waals surface area contributed by atoms with E-state index in [1.807, 2.05) is 13.8 Å². The molecule has 0 atom stereocenters. The Hall–Kier alpha value is -0.880. The fourth-order valence-electron chi connectivity index (χ4n) is 1.35. The molecule has 0 saturated carbocycles. The van der Waals surface area contributed by atoms with Crippen LogP contribution in [0.15, 0.2) is 6.20 Å². The lowest BCUT2D eigenvalue weighted by molar-refractivity contribution is 0.578. The Morgan fingerprint density at radius 1 is 1.50 bits per heavy atom. The van der Waals surface area contributed by atoms with E-state index in [2.05, 4.69) is 14.7 Å². The van der Waals surface area contributed by atoms with Crippen LogP contribution in [0.3, 0.4) is 0 Å². The standard InChI is InChI=1S/C10H19N3O2S/c1-3-4-7-16(14,15)12-6-5-10-8-11-9(2)13-10/h8,12H,3-7H2,1-2H3,(H,11,13). The van der Waals surface area contributed by atoms with Crippen molar-refractivity contribution in [1.29, 1.82) is 0 Å². The molecule has 5 nitrogen and oxygen atoms in total. The number of aromatic nitrogens is 2. The fraction of sp³-hybridized carbons (Fsp3) is 0.700. The number of hydrogen-bond donors (Lipinski definition) is 2. The highest BCUT2D eigenvalue weighted by Crippen LogP contribution is 1.97. The highest BCUT2D eigenvalue weighted by atomic mass is 32.2. The molecule has 0 aliphatic rings. The number of unbranched alkanes of at least 4 members (excludes halogenated alkanes) is 1. The summed E-state index contributed by atoms with van der Waals surface area (Å²) in [4.78, 5) is 7.11. The molecule has 2 N–H and O–H groups in total. The molecule has 1 aromatic heterocycles. The minimum absolute atomic E-state index is 0.214. The second kappa shape index (κ2) is 6.00. The molecular weight excluding hydrogens is 226 g/mol. The van der Waals surface area contributed by atoms with Gasteiger partial charge in [-0.1, -0.05) is 13.3 Å². The first-order chi connectivity index (χ1) is 7.53. The van der Waals surface area contributed by atoms with Crippen LogP contribution in [0.2, 0.25) is 0 Å². The van der Waals surface area contributed by atoms with E-state index in [9.17, 15) is 8.42 Å². The van der Waals surface area contributed by atoms with Crippen molar-refractivity contribution in [3.63, 3.8) is 0 Å². The number of aromatic amines is 1. The van der Waals surface area contributed by atoms with Crippen LogP contribution >= 0.6 is 0 Å². The summed E-state index contributed by atoms with van der Waals surface area (Å²) < 4.78 is 25.5. The first kappa shape index (κ1) is 13.2. The Kier molecular flexibility index (Phi) is 4.95. The summed E-state index contributed by atoms with van der Waals surface area (Å²) in [6, 6.07) is 0. The maximum atomic E-state index is 11.4. The van der Waals surface area contributed by atoms with Gasteiger partial charge in [-0.2, -0.15) is 0 Å². The van der Waals surface area contributed by atoms with Crippen molar-refractivity contribution < 1.29 is 8.42 Å². The van der Waals surface area contributed by atoms with E-state index in [0.717, 1.165) is 17.9 Å². The van der Waals surface area contributed by atoms with Crippen LogP contribution in [0.4, 0.5) is 0 Å². The minimum atomic E-state index is -3.09. The highest BCUT2D eigenvalue weighted by Gasteiger charge is 2.08. The van der Waals surface area contributed by atoms with Crippen molar-refractivity contribution in [3.8, 4) is 0 Å². The lowest BCUT2D eigenvalue weighted by Gasteiger charge is -2.04. The van der Waals surface area contributed by atoms with Crippen LogP contribution in [0.25, 0.3) is 0 Å². The van der Waals surface area contributed by atoms with Crippen LogP contribution in [0, 0.1) is 6.92 Å². The van der Waals surface area contributed by atoms with E-state index in [1.54, 1.807) is 6.20 Å². The summed E-state index contributed by atoms with van der Waals surface area (Å²) in [7, 11) is -3.09. The Morgan fingerprint density at radius 3 is 2.81 bits per heavy atom. The number of nitrogens with one attached hydrogen (secondary N) is 2. The lowest BCUT2D eigenvalue weighted by Crippen LogP contribution is -2.28. The quantitative estimate of drug-likeness (QED) is 0.752. The molecule has 0 radical (unpaired) electrons. The van der Waals surface area contributed by atoms with Crippen molar-refractivity contribution in [2.75, 3.05) is 12.3 Å². The van der Waals surface area contributed by atoms with E-state index >= 15 is 0 Å². The van der Waals surface area contributed by atoms with Crippen molar-refractivity contribution in [2.24, 2.45) is 0 Å². The van der Waals surface area contributed by atoms with E-state index in [-0.39, 0.29) is 5.75 Å². The lowest BCUT2D eigenvalue weighted by atomic mass is 10.3. The van der Waals surface area contributed by atoms with Gasteiger partial charge < -0.3 is 4.98 Å². The monoisotopic (exact) mass is 245 g/mol. The Morgan fingerprint density at radius 2 is 2.25 bits per heavy atom. The molecule has 0 fully saturated rings. The maximum Gasteiger partial charge on any atom is 0.211 e. The third kappa shape index (κ3) is 4.76. The van der Waals surface area contributed by atoms with Gasteiger partial charge in [0.25, 0.3) is 0 Å². The zero-order valence-corrected chi connectivity index (χ0v) is 10.6. The fourth-order valence-corrected chi connectivity index (χ4v) is 2.57. The zero-order chi connectivity index (χ0) is 12.0. The third-order valence-electron chi connectivity index (χ3n) is 2.24.